The molecule has 0 aliphatic carbocycles. The van der Waals surface area contributed by atoms with Crippen molar-refractivity contribution in [3.63, 3.8) is 0 Å². The predicted molar refractivity (Wildman–Crippen MR) is 36.1 cm³/mol. The summed E-state index contributed by atoms with van der Waals surface area (Å²) in [4.78, 5) is 10.2. The zero-order valence-electron chi connectivity index (χ0n) is 6.35. The Morgan fingerprint density at radius 2 is 2.10 bits per heavy atom. The first kappa shape index (κ1) is 9.14. The molecule has 0 aromatic rings. The predicted octanol–water partition coefficient (Wildman–Crippen LogP) is 1.81. The molecule has 0 aliphatic heterocycles. The molecule has 0 unspecified atom stereocenters. The summed E-state index contributed by atoms with van der Waals surface area (Å²) >= 11 is 0. The van der Waals surface area contributed by atoms with Crippen LogP contribution in [0, 0.1) is 0 Å². The SMILES string of the molecule is CC(=O)C=C(F)OC(C)C. The highest BCUT2D eigenvalue weighted by molar-refractivity contribution is 5.87. The molecule has 0 N–H and O–H groups in total. The van der Waals surface area contributed by atoms with E-state index in [-0.39, 0.29) is 11.9 Å². The van der Waals surface area contributed by atoms with Gasteiger partial charge in [-0.05, 0) is 20.8 Å². The summed E-state index contributed by atoms with van der Waals surface area (Å²) in [6, 6.07) is -0.817. The molecular weight excluding hydrogens is 135 g/mol. The van der Waals surface area contributed by atoms with Gasteiger partial charge in [-0.3, -0.25) is 4.79 Å². The zero-order valence-corrected chi connectivity index (χ0v) is 6.35. The van der Waals surface area contributed by atoms with E-state index in [1.807, 2.05) is 0 Å². The second kappa shape index (κ2) is 4.04. The maximum Gasteiger partial charge on any atom is 0.276 e. The molecule has 58 valence electrons. The topological polar surface area (TPSA) is 26.3 Å². The lowest BCUT2D eigenvalue weighted by Crippen LogP contribution is -2.00. The van der Waals surface area contributed by atoms with E-state index in [0.717, 1.165) is 6.08 Å². The minimum atomic E-state index is -0.817. The van der Waals surface area contributed by atoms with Gasteiger partial charge < -0.3 is 4.74 Å². The first-order valence-electron chi connectivity index (χ1n) is 3.06. The van der Waals surface area contributed by atoms with Gasteiger partial charge in [-0.1, -0.05) is 0 Å². The summed E-state index contributed by atoms with van der Waals surface area (Å²) in [5.41, 5.74) is 0. The van der Waals surface area contributed by atoms with Crippen molar-refractivity contribution in [2.75, 3.05) is 0 Å². The van der Waals surface area contributed by atoms with Crippen molar-refractivity contribution >= 4 is 5.78 Å². The fraction of sp³-hybridized carbons (Fsp3) is 0.571. The van der Waals surface area contributed by atoms with Crippen molar-refractivity contribution in [3.05, 3.63) is 12.1 Å². The summed E-state index contributed by atoms with van der Waals surface area (Å²) in [5.74, 6) is -0.349. The third-order valence-corrected chi connectivity index (χ3v) is 0.665. The third kappa shape index (κ3) is 5.28. The van der Waals surface area contributed by atoms with Crippen LogP contribution in [0.2, 0.25) is 0 Å². The molecule has 3 heteroatoms. The Morgan fingerprint density at radius 3 is 2.40 bits per heavy atom. The number of hydrogen-bond donors (Lipinski definition) is 0. The molecule has 0 rings (SSSR count). The number of carbonyl (C=O) groups is 1. The number of hydrogen-bond acceptors (Lipinski definition) is 2. The maximum atomic E-state index is 12.3. The largest absolute Gasteiger partial charge is 0.468 e. The Labute approximate surface area is 59.7 Å². The van der Waals surface area contributed by atoms with Crippen LogP contribution in [-0.2, 0) is 9.53 Å². The Morgan fingerprint density at radius 1 is 1.60 bits per heavy atom. The van der Waals surface area contributed by atoms with Crippen LogP contribution in [0.25, 0.3) is 0 Å². The minimum absolute atomic E-state index is 0.226. The van der Waals surface area contributed by atoms with Gasteiger partial charge in [0.1, 0.15) is 0 Å². The van der Waals surface area contributed by atoms with E-state index in [1.165, 1.54) is 6.92 Å². The number of rotatable bonds is 3. The molecule has 0 amide bonds. The normalized spacial score (nSPS) is 11.9. The Hall–Kier alpha value is -0.860. The van der Waals surface area contributed by atoms with E-state index in [1.54, 1.807) is 13.8 Å². The summed E-state index contributed by atoms with van der Waals surface area (Å²) in [5, 5.41) is 0. The van der Waals surface area contributed by atoms with Crippen LogP contribution < -0.4 is 0 Å². The van der Waals surface area contributed by atoms with Crippen molar-refractivity contribution in [2.45, 2.75) is 26.9 Å². The van der Waals surface area contributed by atoms with Crippen molar-refractivity contribution < 1.29 is 13.9 Å². The van der Waals surface area contributed by atoms with Crippen LogP contribution >= 0.6 is 0 Å². The van der Waals surface area contributed by atoms with Crippen LogP contribution in [0.3, 0.4) is 0 Å². The number of allylic oxidation sites excluding steroid dienone is 1. The highest BCUT2D eigenvalue weighted by atomic mass is 19.1. The minimum Gasteiger partial charge on any atom is -0.468 e. The average Bonchev–Trinajstić information content (AvgIpc) is 1.58. The molecule has 0 saturated heterocycles. The van der Waals surface area contributed by atoms with Gasteiger partial charge in [0.25, 0.3) is 6.01 Å². The molecule has 0 bridgehead atoms. The standard InChI is InChI=1S/C7H11FO2/c1-5(2)10-7(8)4-6(3)9/h4-5H,1-3H3. The summed E-state index contributed by atoms with van der Waals surface area (Å²) < 4.78 is 16.9. The fourth-order valence-electron chi connectivity index (χ4n) is 0.419. The molecule has 0 heterocycles. The van der Waals surface area contributed by atoms with Crippen molar-refractivity contribution in [2.24, 2.45) is 0 Å². The highest BCUT2D eigenvalue weighted by Gasteiger charge is 1.99. The van der Waals surface area contributed by atoms with Crippen LogP contribution in [0.15, 0.2) is 12.1 Å². The van der Waals surface area contributed by atoms with E-state index in [2.05, 4.69) is 4.74 Å². The average molecular weight is 146 g/mol. The van der Waals surface area contributed by atoms with Crippen LogP contribution in [0.5, 0.6) is 0 Å². The molecule has 0 atom stereocenters. The first-order chi connectivity index (χ1) is 4.52. The monoisotopic (exact) mass is 146 g/mol. The molecular formula is C7H11FO2. The van der Waals surface area contributed by atoms with Gasteiger partial charge in [-0.15, -0.1) is 0 Å². The lowest BCUT2D eigenvalue weighted by atomic mass is 10.4. The molecule has 2 nitrogen and oxygen atoms in total. The van der Waals surface area contributed by atoms with Crippen molar-refractivity contribution in [3.8, 4) is 0 Å². The van der Waals surface area contributed by atoms with E-state index >= 15 is 0 Å². The summed E-state index contributed by atoms with van der Waals surface area (Å²) in [7, 11) is 0. The quantitative estimate of drug-likeness (QED) is 0.448. The Bertz CT molecular complexity index is 150. The van der Waals surface area contributed by atoms with E-state index < -0.39 is 6.01 Å². The number of carbonyl (C=O) groups excluding carboxylic acids is 1. The Kier molecular flexibility index (Phi) is 3.69. The van der Waals surface area contributed by atoms with E-state index in [0.29, 0.717) is 0 Å². The van der Waals surface area contributed by atoms with Gasteiger partial charge >= 0.3 is 0 Å². The molecule has 0 fully saturated rings. The summed E-state index contributed by atoms with van der Waals surface area (Å²) in [6.07, 6.45) is 0.593. The molecule has 0 saturated carbocycles. The lowest BCUT2D eigenvalue weighted by molar-refractivity contribution is -0.113. The molecule has 0 radical (unpaired) electrons. The van der Waals surface area contributed by atoms with Gasteiger partial charge in [0.2, 0.25) is 0 Å². The van der Waals surface area contributed by atoms with Gasteiger partial charge in [-0.2, -0.15) is 4.39 Å². The van der Waals surface area contributed by atoms with Crippen LogP contribution in [0.1, 0.15) is 20.8 Å². The molecule has 0 spiro atoms. The number of ether oxygens (including phenoxy) is 1. The maximum absolute atomic E-state index is 12.3. The summed E-state index contributed by atoms with van der Waals surface area (Å²) in [6.45, 7) is 4.64. The molecule has 0 aliphatic rings. The fourth-order valence-corrected chi connectivity index (χ4v) is 0.419. The second-order valence-corrected chi connectivity index (χ2v) is 2.23. The Balaban J connectivity index is 3.83. The van der Waals surface area contributed by atoms with Gasteiger partial charge in [-0.25, -0.2) is 0 Å². The zero-order chi connectivity index (χ0) is 8.15. The van der Waals surface area contributed by atoms with Gasteiger partial charge in [0.05, 0.1) is 12.2 Å². The van der Waals surface area contributed by atoms with E-state index in [4.69, 9.17) is 0 Å². The van der Waals surface area contributed by atoms with Crippen LogP contribution in [-0.4, -0.2) is 11.9 Å². The second-order valence-electron chi connectivity index (χ2n) is 2.23. The smallest absolute Gasteiger partial charge is 0.276 e. The van der Waals surface area contributed by atoms with Crippen molar-refractivity contribution in [1.82, 2.24) is 0 Å². The molecule has 0 aromatic heterocycles. The lowest BCUT2D eigenvalue weighted by Gasteiger charge is -2.04. The van der Waals surface area contributed by atoms with Gasteiger partial charge in [0.15, 0.2) is 5.78 Å². The number of ketones is 1. The van der Waals surface area contributed by atoms with E-state index in [9.17, 15) is 9.18 Å². The van der Waals surface area contributed by atoms with Gasteiger partial charge in [0, 0.05) is 0 Å². The highest BCUT2D eigenvalue weighted by Crippen LogP contribution is 2.02. The van der Waals surface area contributed by atoms with Crippen LogP contribution in [0.4, 0.5) is 4.39 Å². The molecule has 0 aromatic carbocycles. The van der Waals surface area contributed by atoms with Crippen molar-refractivity contribution in [1.29, 1.82) is 0 Å². The first-order valence-corrected chi connectivity index (χ1v) is 3.06. The molecule has 10 heavy (non-hydrogen) atoms. The number of halogens is 1. The third-order valence-electron chi connectivity index (χ3n) is 0.665.